The van der Waals surface area contributed by atoms with E-state index in [4.69, 9.17) is 24.4 Å². The number of anilines is 1. The molecule has 148 valence electrons. The molecule has 2 fully saturated rings. The van der Waals surface area contributed by atoms with Gasteiger partial charge in [0.05, 0.1) is 5.69 Å². The van der Waals surface area contributed by atoms with Gasteiger partial charge in [-0.05, 0) is 36.5 Å². The van der Waals surface area contributed by atoms with E-state index in [9.17, 15) is 0 Å². The quantitative estimate of drug-likeness (QED) is 0.653. The highest BCUT2D eigenvalue weighted by Crippen LogP contribution is 2.30. The van der Waals surface area contributed by atoms with Crippen LogP contribution in [0, 0.1) is 0 Å². The average Bonchev–Trinajstić information content (AvgIpc) is 3.40. The maximum absolute atomic E-state index is 6.42. The lowest BCUT2D eigenvalue weighted by Gasteiger charge is -2.36. The molecule has 0 saturated carbocycles. The Balaban J connectivity index is 1.40. The van der Waals surface area contributed by atoms with Crippen LogP contribution in [0.2, 0.25) is 5.02 Å². The van der Waals surface area contributed by atoms with Crippen molar-refractivity contribution < 1.29 is 0 Å². The molecule has 1 N–H and O–H groups in total. The number of aromatic nitrogens is 3. The summed E-state index contributed by atoms with van der Waals surface area (Å²) in [6, 6.07) is 11.0. The first-order valence-corrected chi connectivity index (χ1v) is 11.7. The Hall–Kier alpha value is -1.70. The van der Waals surface area contributed by atoms with Crippen molar-refractivity contribution in [1.29, 1.82) is 0 Å². The summed E-state index contributed by atoms with van der Waals surface area (Å²) in [5, 5.41) is 8.82. The smallest absolute Gasteiger partial charge is 0.150 e. The van der Waals surface area contributed by atoms with E-state index >= 15 is 0 Å². The van der Waals surface area contributed by atoms with Crippen LogP contribution in [0.3, 0.4) is 0 Å². The van der Waals surface area contributed by atoms with Crippen LogP contribution in [0.1, 0.15) is 19.3 Å². The van der Waals surface area contributed by atoms with Gasteiger partial charge in [-0.3, -0.25) is 4.90 Å². The number of piperidine rings is 1. The fraction of sp³-hybridized carbons (Fsp3) is 0.429. The number of nitrogens with one attached hydrogen (secondary N) is 1. The standard InChI is InChI=1S/C21H23BClN5S/c22-17-12-24-28-20(11-19(26-21(17)28)16-3-1-2-4-18(16)23)25-14-5-8-27(9-6-14)15-7-10-29-13-15/h1-4,11-12,14-15,25H,5-10,13H2. The molecule has 5 rings (SSSR count). The largest absolute Gasteiger partial charge is 0.367 e. The van der Waals surface area contributed by atoms with Crippen molar-refractivity contribution in [2.75, 3.05) is 29.9 Å². The highest BCUT2D eigenvalue weighted by Gasteiger charge is 2.27. The first-order valence-electron chi connectivity index (χ1n) is 10.2. The Morgan fingerprint density at radius 2 is 2.00 bits per heavy atom. The SMILES string of the molecule is [B]c1cnn2c(NC3CCN(C4CCSC4)CC3)cc(-c3ccccc3Cl)nc12. The minimum absolute atomic E-state index is 0.412. The molecule has 5 nitrogen and oxygen atoms in total. The molecule has 2 aliphatic rings. The lowest BCUT2D eigenvalue weighted by atomic mass is 10.0. The van der Waals surface area contributed by atoms with E-state index in [1.165, 1.54) is 17.9 Å². The number of fused-ring (bicyclic) bond motifs is 1. The minimum Gasteiger partial charge on any atom is -0.367 e. The zero-order valence-corrected chi connectivity index (χ0v) is 17.8. The highest BCUT2D eigenvalue weighted by atomic mass is 35.5. The number of nitrogens with zero attached hydrogens (tertiary/aromatic N) is 4. The predicted octanol–water partition coefficient (Wildman–Crippen LogP) is 3.23. The van der Waals surface area contributed by atoms with Crippen LogP contribution in [0.4, 0.5) is 5.82 Å². The van der Waals surface area contributed by atoms with Crippen LogP contribution in [-0.2, 0) is 0 Å². The van der Waals surface area contributed by atoms with E-state index < -0.39 is 0 Å². The van der Waals surface area contributed by atoms with E-state index in [2.05, 4.69) is 27.1 Å². The summed E-state index contributed by atoms with van der Waals surface area (Å²) in [6.45, 7) is 2.30. The summed E-state index contributed by atoms with van der Waals surface area (Å²) < 4.78 is 1.80. The molecule has 2 radical (unpaired) electrons. The molecule has 0 amide bonds. The second-order valence-electron chi connectivity index (χ2n) is 7.81. The van der Waals surface area contributed by atoms with Crippen LogP contribution in [0.15, 0.2) is 36.5 Å². The number of hydrogen-bond donors (Lipinski definition) is 1. The van der Waals surface area contributed by atoms with Gasteiger partial charge in [-0.15, -0.1) is 0 Å². The van der Waals surface area contributed by atoms with E-state index in [0.29, 0.717) is 22.2 Å². The maximum Gasteiger partial charge on any atom is 0.150 e. The van der Waals surface area contributed by atoms with Gasteiger partial charge >= 0.3 is 0 Å². The van der Waals surface area contributed by atoms with Gasteiger partial charge in [-0.2, -0.15) is 21.4 Å². The molecular weight excluding hydrogens is 401 g/mol. The van der Waals surface area contributed by atoms with Crippen molar-refractivity contribution in [3.8, 4) is 11.3 Å². The monoisotopic (exact) mass is 423 g/mol. The van der Waals surface area contributed by atoms with Crippen LogP contribution in [-0.4, -0.2) is 64.0 Å². The molecule has 1 aromatic carbocycles. The van der Waals surface area contributed by atoms with Crippen molar-refractivity contribution in [2.45, 2.75) is 31.3 Å². The van der Waals surface area contributed by atoms with Crippen molar-refractivity contribution in [2.24, 2.45) is 0 Å². The van der Waals surface area contributed by atoms with Gasteiger partial charge in [0.25, 0.3) is 0 Å². The summed E-state index contributed by atoms with van der Waals surface area (Å²) >= 11 is 8.51. The molecule has 1 atom stereocenters. The van der Waals surface area contributed by atoms with Gasteiger partial charge in [-0.1, -0.05) is 29.8 Å². The lowest BCUT2D eigenvalue weighted by molar-refractivity contribution is 0.170. The van der Waals surface area contributed by atoms with E-state index in [1.807, 2.05) is 30.3 Å². The second kappa shape index (κ2) is 8.21. The average molecular weight is 424 g/mol. The highest BCUT2D eigenvalue weighted by molar-refractivity contribution is 7.99. The molecule has 3 aromatic rings. The van der Waals surface area contributed by atoms with Crippen molar-refractivity contribution >= 4 is 48.1 Å². The van der Waals surface area contributed by atoms with Crippen LogP contribution < -0.4 is 10.8 Å². The third-order valence-corrected chi connectivity index (χ3v) is 7.43. The van der Waals surface area contributed by atoms with E-state index in [-0.39, 0.29) is 0 Å². The Morgan fingerprint density at radius 1 is 1.17 bits per heavy atom. The number of halogens is 1. The summed E-state index contributed by atoms with van der Waals surface area (Å²) in [6.07, 6.45) is 5.25. The molecule has 4 heterocycles. The molecule has 2 aliphatic heterocycles. The molecule has 8 heteroatoms. The summed E-state index contributed by atoms with van der Waals surface area (Å²) in [4.78, 5) is 7.39. The third-order valence-electron chi connectivity index (χ3n) is 5.95. The predicted molar refractivity (Wildman–Crippen MR) is 123 cm³/mol. The lowest BCUT2D eigenvalue weighted by Crippen LogP contribution is -2.44. The fourth-order valence-corrected chi connectivity index (χ4v) is 5.81. The van der Waals surface area contributed by atoms with Crippen LogP contribution in [0.5, 0.6) is 0 Å². The summed E-state index contributed by atoms with van der Waals surface area (Å²) in [5.41, 5.74) is 2.92. The zero-order valence-electron chi connectivity index (χ0n) is 16.2. The maximum atomic E-state index is 6.42. The molecule has 0 aliphatic carbocycles. The number of benzene rings is 1. The molecule has 29 heavy (non-hydrogen) atoms. The molecule has 0 spiro atoms. The zero-order chi connectivity index (χ0) is 19.8. The Bertz CT molecular complexity index is 1010. The normalized spacial score (nSPS) is 21.1. The molecule has 2 saturated heterocycles. The number of hydrogen-bond acceptors (Lipinski definition) is 5. The number of rotatable bonds is 4. The topological polar surface area (TPSA) is 45.5 Å². The van der Waals surface area contributed by atoms with Gasteiger partial charge in [-0.25, -0.2) is 4.98 Å². The van der Waals surface area contributed by atoms with Crippen molar-refractivity contribution in [3.63, 3.8) is 0 Å². The van der Waals surface area contributed by atoms with Gasteiger partial charge in [0.1, 0.15) is 13.7 Å². The molecule has 1 unspecified atom stereocenters. The molecule has 0 bridgehead atoms. The first kappa shape index (κ1) is 19.3. The molecule has 2 aromatic heterocycles. The second-order valence-corrected chi connectivity index (χ2v) is 9.37. The van der Waals surface area contributed by atoms with Crippen molar-refractivity contribution in [3.05, 3.63) is 41.6 Å². The van der Waals surface area contributed by atoms with Gasteiger partial charge < -0.3 is 5.32 Å². The third kappa shape index (κ3) is 3.88. The van der Waals surface area contributed by atoms with Crippen molar-refractivity contribution in [1.82, 2.24) is 19.5 Å². The van der Waals surface area contributed by atoms with Gasteiger partial charge in [0, 0.05) is 53.8 Å². The van der Waals surface area contributed by atoms with Gasteiger partial charge in [0.15, 0.2) is 5.65 Å². The summed E-state index contributed by atoms with van der Waals surface area (Å²) in [5.74, 6) is 3.51. The Morgan fingerprint density at radius 3 is 2.76 bits per heavy atom. The van der Waals surface area contributed by atoms with Gasteiger partial charge in [0.2, 0.25) is 0 Å². The van der Waals surface area contributed by atoms with E-state index in [1.54, 1.807) is 10.7 Å². The minimum atomic E-state index is 0.412. The van der Waals surface area contributed by atoms with E-state index in [0.717, 1.165) is 49.0 Å². The fourth-order valence-electron chi connectivity index (χ4n) is 4.32. The summed E-state index contributed by atoms with van der Waals surface area (Å²) in [7, 11) is 6.14. The Labute approximate surface area is 181 Å². The number of likely N-dealkylation sites (tertiary alicyclic amines) is 1. The number of thioether (sulfide) groups is 1. The van der Waals surface area contributed by atoms with Crippen LogP contribution in [0.25, 0.3) is 16.9 Å². The molecular formula is C21H23BClN5S. The first-order chi connectivity index (χ1) is 14.2. The Kier molecular flexibility index (Phi) is 5.46. The van der Waals surface area contributed by atoms with Crippen LogP contribution >= 0.6 is 23.4 Å².